The smallest absolute Gasteiger partial charge is 0.306 e. The van der Waals surface area contributed by atoms with Crippen LogP contribution in [0.1, 0.15) is 6.42 Å². The van der Waals surface area contributed by atoms with E-state index in [1.807, 2.05) is 0 Å². The Morgan fingerprint density at radius 2 is 2.11 bits per heavy atom. The first-order valence-electron chi connectivity index (χ1n) is 5.72. The van der Waals surface area contributed by atoms with E-state index in [0.717, 1.165) is 10.6 Å². The summed E-state index contributed by atoms with van der Waals surface area (Å²) in [5, 5.41) is 8.67. The van der Waals surface area contributed by atoms with Gasteiger partial charge in [-0.3, -0.25) is 9.59 Å². The van der Waals surface area contributed by atoms with Crippen LogP contribution < -0.4 is 0 Å². The zero-order valence-electron chi connectivity index (χ0n) is 10.9. The number of carboxylic acids is 1. The van der Waals surface area contributed by atoms with Gasteiger partial charge in [-0.1, -0.05) is 0 Å². The van der Waals surface area contributed by atoms with E-state index in [9.17, 15) is 18.0 Å². The molecule has 1 unspecified atom stereocenters. The molecule has 1 heterocycles. The van der Waals surface area contributed by atoms with Crippen molar-refractivity contribution in [1.82, 2.24) is 9.21 Å². The van der Waals surface area contributed by atoms with Crippen LogP contribution in [-0.2, 0) is 24.3 Å². The Labute approximate surface area is 112 Å². The minimum atomic E-state index is -3.41. The number of aliphatic carboxylic acids is 1. The van der Waals surface area contributed by atoms with Crippen molar-refractivity contribution in [3.63, 3.8) is 0 Å². The summed E-state index contributed by atoms with van der Waals surface area (Å²) in [6.07, 6.45) is 0.303. The highest BCUT2D eigenvalue weighted by molar-refractivity contribution is 7.88. The Hall–Kier alpha value is -1.19. The minimum Gasteiger partial charge on any atom is -0.481 e. The lowest BCUT2D eigenvalue weighted by atomic mass is 10.2. The number of hydrogen-bond acceptors (Lipinski definition) is 5. The van der Waals surface area contributed by atoms with Crippen LogP contribution in [0.4, 0.5) is 0 Å². The molecule has 0 aromatic carbocycles. The molecule has 110 valence electrons. The van der Waals surface area contributed by atoms with Crippen LogP contribution in [0.15, 0.2) is 0 Å². The van der Waals surface area contributed by atoms with Gasteiger partial charge in [-0.15, -0.1) is 0 Å². The highest BCUT2D eigenvalue weighted by atomic mass is 32.2. The van der Waals surface area contributed by atoms with Crippen LogP contribution in [-0.4, -0.2) is 80.3 Å². The highest BCUT2D eigenvalue weighted by Crippen LogP contribution is 2.09. The van der Waals surface area contributed by atoms with Gasteiger partial charge in [-0.05, 0) is 0 Å². The van der Waals surface area contributed by atoms with Crippen LogP contribution in [0.2, 0.25) is 0 Å². The highest BCUT2D eigenvalue weighted by Gasteiger charge is 2.27. The van der Waals surface area contributed by atoms with E-state index in [1.54, 1.807) is 0 Å². The SMILES string of the molecule is CN(CC(=O)N1CCOC(CC(=O)O)C1)S(C)(=O)=O. The van der Waals surface area contributed by atoms with Gasteiger partial charge in [0, 0.05) is 20.1 Å². The molecule has 1 saturated heterocycles. The van der Waals surface area contributed by atoms with Crippen molar-refractivity contribution >= 4 is 21.9 Å². The van der Waals surface area contributed by atoms with Gasteiger partial charge in [0.15, 0.2) is 0 Å². The molecule has 1 aliphatic heterocycles. The van der Waals surface area contributed by atoms with Crippen molar-refractivity contribution in [3.05, 3.63) is 0 Å². The lowest BCUT2D eigenvalue weighted by Crippen LogP contribution is -2.49. The van der Waals surface area contributed by atoms with E-state index in [-0.39, 0.29) is 32.0 Å². The summed E-state index contributed by atoms with van der Waals surface area (Å²) in [6.45, 7) is 0.514. The molecule has 0 aliphatic carbocycles. The monoisotopic (exact) mass is 294 g/mol. The third kappa shape index (κ3) is 5.13. The quantitative estimate of drug-likeness (QED) is 0.667. The molecule has 1 amide bonds. The number of nitrogens with zero attached hydrogens (tertiary/aromatic N) is 2. The van der Waals surface area contributed by atoms with Gasteiger partial charge in [0.25, 0.3) is 0 Å². The van der Waals surface area contributed by atoms with E-state index >= 15 is 0 Å². The van der Waals surface area contributed by atoms with E-state index in [0.29, 0.717) is 6.54 Å². The molecule has 8 nitrogen and oxygen atoms in total. The van der Waals surface area contributed by atoms with Gasteiger partial charge < -0.3 is 14.7 Å². The Morgan fingerprint density at radius 1 is 1.47 bits per heavy atom. The Kier molecular flexibility index (Phi) is 5.27. The standard InChI is InChI=1S/C10H18N2O6S/c1-11(19(2,16)17)7-9(13)12-3-4-18-8(6-12)5-10(14)15/h8H,3-7H2,1-2H3,(H,14,15). The number of hydrogen-bond donors (Lipinski definition) is 1. The van der Waals surface area contributed by atoms with Crippen molar-refractivity contribution in [2.24, 2.45) is 0 Å². The molecular formula is C10H18N2O6S. The second-order valence-corrected chi connectivity index (χ2v) is 6.54. The maximum atomic E-state index is 11.9. The molecule has 1 atom stereocenters. The number of ether oxygens (including phenoxy) is 1. The molecule has 0 aromatic heterocycles. The first kappa shape index (κ1) is 15.9. The van der Waals surface area contributed by atoms with E-state index < -0.39 is 22.1 Å². The van der Waals surface area contributed by atoms with Crippen molar-refractivity contribution in [1.29, 1.82) is 0 Å². The molecular weight excluding hydrogens is 276 g/mol. The number of carboxylic acid groups (broad SMARTS) is 1. The van der Waals surface area contributed by atoms with Crippen LogP contribution in [0.25, 0.3) is 0 Å². The molecule has 0 saturated carbocycles. The molecule has 1 N–H and O–H groups in total. The number of morpholine rings is 1. The molecule has 0 spiro atoms. The second kappa shape index (κ2) is 6.31. The van der Waals surface area contributed by atoms with Gasteiger partial charge >= 0.3 is 5.97 Å². The summed E-state index contributed by atoms with van der Waals surface area (Å²) in [6, 6.07) is 0. The average Bonchev–Trinajstić information content (AvgIpc) is 2.27. The predicted octanol–water partition coefficient (Wildman–Crippen LogP) is -1.42. The van der Waals surface area contributed by atoms with Gasteiger partial charge in [0.1, 0.15) is 0 Å². The lowest BCUT2D eigenvalue weighted by Gasteiger charge is -2.33. The number of carbonyl (C=O) groups excluding carboxylic acids is 1. The molecule has 1 aliphatic rings. The second-order valence-electron chi connectivity index (χ2n) is 4.45. The van der Waals surface area contributed by atoms with Crippen molar-refractivity contribution in [2.45, 2.75) is 12.5 Å². The maximum Gasteiger partial charge on any atom is 0.306 e. The number of carbonyl (C=O) groups is 2. The summed E-state index contributed by atoms with van der Waals surface area (Å²) in [5.41, 5.74) is 0. The fraction of sp³-hybridized carbons (Fsp3) is 0.800. The van der Waals surface area contributed by atoms with E-state index in [1.165, 1.54) is 11.9 Å². The van der Waals surface area contributed by atoms with Crippen LogP contribution >= 0.6 is 0 Å². The normalized spacial score (nSPS) is 20.6. The number of rotatable bonds is 5. The third-order valence-electron chi connectivity index (χ3n) is 2.82. The summed E-state index contributed by atoms with van der Waals surface area (Å²) in [7, 11) is -2.09. The first-order chi connectivity index (χ1) is 8.70. The van der Waals surface area contributed by atoms with E-state index in [4.69, 9.17) is 9.84 Å². The molecule has 1 rings (SSSR count). The van der Waals surface area contributed by atoms with Crippen LogP contribution in [0, 0.1) is 0 Å². The number of likely N-dealkylation sites (N-methyl/N-ethyl adjacent to an activating group) is 1. The number of amides is 1. The largest absolute Gasteiger partial charge is 0.481 e. The zero-order valence-corrected chi connectivity index (χ0v) is 11.7. The Bertz CT molecular complexity index is 449. The third-order valence-corrected chi connectivity index (χ3v) is 4.08. The molecule has 1 fully saturated rings. The topological polar surface area (TPSA) is 104 Å². The first-order valence-corrected chi connectivity index (χ1v) is 7.57. The number of sulfonamides is 1. The Morgan fingerprint density at radius 3 is 2.63 bits per heavy atom. The average molecular weight is 294 g/mol. The summed E-state index contributed by atoms with van der Waals surface area (Å²) < 4.78 is 28.6. The summed E-state index contributed by atoms with van der Waals surface area (Å²) >= 11 is 0. The van der Waals surface area contributed by atoms with Crippen molar-refractivity contribution in [2.75, 3.05) is 39.5 Å². The fourth-order valence-corrected chi connectivity index (χ4v) is 2.02. The van der Waals surface area contributed by atoms with Gasteiger partial charge in [-0.2, -0.15) is 4.31 Å². The van der Waals surface area contributed by atoms with Crippen molar-refractivity contribution in [3.8, 4) is 0 Å². The molecule has 0 radical (unpaired) electrons. The molecule has 19 heavy (non-hydrogen) atoms. The maximum absolute atomic E-state index is 11.9. The Balaban J connectivity index is 2.55. The summed E-state index contributed by atoms with van der Waals surface area (Å²) in [5.74, 6) is -1.35. The van der Waals surface area contributed by atoms with Crippen LogP contribution in [0.5, 0.6) is 0 Å². The molecule has 0 aromatic rings. The summed E-state index contributed by atoms with van der Waals surface area (Å²) in [4.78, 5) is 23.9. The fourth-order valence-electron chi connectivity index (χ4n) is 1.67. The molecule has 0 bridgehead atoms. The minimum absolute atomic E-state index is 0.169. The zero-order chi connectivity index (χ0) is 14.6. The van der Waals surface area contributed by atoms with Crippen LogP contribution in [0.3, 0.4) is 0 Å². The lowest BCUT2D eigenvalue weighted by molar-refractivity contribution is -0.147. The van der Waals surface area contributed by atoms with E-state index in [2.05, 4.69) is 0 Å². The molecule has 9 heteroatoms. The van der Waals surface area contributed by atoms with Gasteiger partial charge in [0.05, 0.1) is 31.9 Å². The van der Waals surface area contributed by atoms with Crippen molar-refractivity contribution < 1.29 is 27.9 Å². The van der Waals surface area contributed by atoms with Gasteiger partial charge in [-0.25, -0.2) is 8.42 Å². The van der Waals surface area contributed by atoms with Gasteiger partial charge in [0.2, 0.25) is 15.9 Å². The predicted molar refractivity (Wildman–Crippen MR) is 66.0 cm³/mol.